The number of oxime groups is 1. The van der Waals surface area contributed by atoms with Crippen molar-refractivity contribution in [3.8, 4) is 0 Å². The Labute approximate surface area is 87.9 Å². The molecule has 1 aliphatic rings. The Hall–Kier alpha value is -1.65. The average molecular weight is 209 g/mol. The van der Waals surface area contributed by atoms with Gasteiger partial charge in [0.15, 0.2) is 0 Å². The summed E-state index contributed by atoms with van der Waals surface area (Å²) >= 11 is 0. The Balaban J connectivity index is 0.000000151. The zero-order valence-corrected chi connectivity index (χ0v) is 8.52. The number of hydrogen-bond acceptors (Lipinski definition) is 4. The summed E-state index contributed by atoms with van der Waals surface area (Å²) in [6, 6.07) is 1.65. The Bertz CT molecular complexity index is 334. The Kier molecular flexibility index (Phi) is 5.14. The zero-order chi connectivity index (χ0) is 10.9. The molecule has 1 fully saturated rings. The Morgan fingerprint density at radius 1 is 1.33 bits per heavy atom. The molecule has 0 spiro atoms. The maximum absolute atomic E-state index is 10.1. The van der Waals surface area contributed by atoms with Crippen LogP contribution in [0.3, 0.4) is 0 Å². The second kappa shape index (κ2) is 6.75. The summed E-state index contributed by atoms with van der Waals surface area (Å²) in [6.45, 7) is 0. The molecule has 15 heavy (non-hydrogen) atoms. The smallest absolute Gasteiger partial charge is 0.344 e. The van der Waals surface area contributed by atoms with Gasteiger partial charge in [0.05, 0.1) is 5.71 Å². The summed E-state index contributed by atoms with van der Waals surface area (Å²) in [4.78, 5) is 15.8. The molecule has 82 valence electrons. The average Bonchev–Trinajstić information content (AvgIpc) is 2.32. The quantitative estimate of drug-likeness (QED) is 0.502. The highest BCUT2D eigenvalue weighted by Gasteiger charge is 2.05. The first-order chi connectivity index (χ1) is 7.33. The molecule has 5 nitrogen and oxygen atoms in total. The molecule has 0 aromatic carbocycles. The van der Waals surface area contributed by atoms with E-state index in [1.54, 1.807) is 6.07 Å². The molecule has 5 heteroatoms. The summed E-state index contributed by atoms with van der Waals surface area (Å²) in [5.74, 6) is 0. The van der Waals surface area contributed by atoms with Crippen molar-refractivity contribution in [2.45, 2.75) is 32.1 Å². The Morgan fingerprint density at radius 3 is 2.40 bits per heavy atom. The second-order valence-corrected chi connectivity index (χ2v) is 3.31. The van der Waals surface area contributed by atoms with E-state index in [-0.39, 0.29) is 5.69 Å². The van der Waals surface area contributed by atoms with Crippen LogP contribution in [0.5, 0.6) is 0 Å². The summed E-state index contributed by atoms with van der Waals surface area (Å²) in [7, 11) is 0. The lowest BCUT2D eigenvalue weighted by atomic mass is 9.99. The largest absolute Gasteiger partial charge is 0.411 e. The van der Waals surface area contributed by atoms with Crippen LogP contribution in [0.1, 0.15) is 32.1 Å². The molecule has 0 unspecified atom stereocenters. The molecule has 1 aromatic rings. The standard InChI is InChI=1S/C6H11NO.C4H4N2O/c8-7-6-4-2-1-3-5-6;7-4-5-2-1-3-6-4/h8H,1-5H2;1-3H,(H,5,6,7). The fourth-order valence-electron chi connectivity index (χ4n) is 1.37. The number of rotatable bonds is 0. The fraction of sp³-hybridized carbons (Fsp3) is 0.500. The van der Waals surface area contributed by atoms with E-state index in [9.17, 15) is 4.79 Å². The molecule has 1 aliphatic carbocycles. The monoisotopic (exact) mass is 209 g/mol. The number of aromatic amines is 1. The molecule has 0 radical (unpaired) electrons. The first-order valence-electron chi connectivity index (χ1n) is 5.02. The molecule has 1 saturated carbocycles. The molecular weight excluding hydrogens is 194 g/mol. The van der Waals surface area contributed by atoms with E-state index in [0.717, 1.165) is 18.6 Å². The molecule has 2 N–H and O–H groups in total. The first-order valence-corrected chi connectivity index (χ1v) is 5.02. The number of H-pyrrole nitrogens is 1. The van der Waals surface area contributed by atoms with Crippen LogP contribution in [0, 0.1) is 0 Å². The molecule has 0 bridgehead atoms. The molecule has 0 atom stereocenters. The van der Waals surface area contributed by atoms with Gasteiger partial charge in [0, 0.05) is 12.4 Å². The topological polar surface area (TPSA) is 78.3 Å². The van der Waals surface area contributed by atoms with Gasteiger partial charge in [-0.15, -0.1) is 0 Å². The van der Waals surface area contributed by atoms with Gasteiger partial charge in [0.25, 0.3) is 0 Å². The van der Waals surface area contributed by atoms with Crippen LogP contribution in [0.4, 0.5) is 0 Å². The Morgan fingerprint density at radius 2 is 2.07 bits per heavy atom. The molecule has 0 amide bonds. The van der Waals surface area contributed by atoms with Crippen LogP contribution < -0.4 is 5.69 Å². The van der Waals surface area contributed by atoms with Gasteiger partial charge in [-0.05, 0) is 31.7 Å². The summed E-state index contributed by atoms with van der Waals surface area (Å²) < 4.78 is 0. The third-order valence-electron chi connectivity index (χ3n) is 2.15. The van der Waals surface area contributed by atoms with E-state index in [4.69, 9.17) is 5.21 Å². The van der Waals surface area contributed by atoms with Crippen molar-refractivity contribution in [1.29, 1.82) is 0 Å². The van der Waals surface area contributed by atoms with Crippen LogP contribution in [-0.2, 0) is 0 Å². The number of aromatic nitrogens is 2. The summed E-state index contributed by atoms with van der Waals surface area (Å²) in [6.07, 6.45) is 8.72. The van der Waals surface area contributed by atoms with Crippen molar-refractivity contribution >= 4 is 5.71 Å². The van der Waals surface area contributed by atoms with E-state index in [1.165, 1.54) is 31.7 Å². The number of nitrogens with one attached hydrogen (secondary N) is 1. The molecular formula is C10H15N3O2. The zero-order valence-electron chi connectivity index (χ0n) is 8.52. The van der Waals surface area contributed by atoms with Gasteiger partial charge in [-0.3, -0.25) is 0 Å². The van der Waals surface area contributed by atoms with Crippen LogP contribution in [0.25, 0.3) is 0 Å². The predicted octanol–water partition coefficient (Wildman–Crippen LogP) is 1.55. The van der Waals surface area contributed by atoms with Crippen molar-refractivity contribution in [3.63, 3.8) is 0 Å². The molecule has 0 aliphatic heterocycles. The maximum atomic E-state index is 10.1. The van der Waals surface area contributed by atoms with E-state index >= 15 is 0 Å². The van der Waals surface area contributed by atoms with E-state index in [1.807, 2.05) is 0 Å². The van der Waals surface area contributed by atoms with Crippen molar-refractivity contribution < 1.29 is 5.21 Å². The fourth-order valence-corrected chi connectivity index (χ4v) is 1.37. The van der Waals surface area contributed by atoms with Crippen molar-refractivity contribution in [3.05, 3.63) is 28.9 Å². The molecule has 1 heterocycles. The van der Waals surface area contributed by atoms with Gasteiger partial charge in [-0.1, -0.05) is 11.6 Å². The minimum absolute atomic E-state index is 0.303. The van der Waals surface area contributed by atoms with Crippen LogP contribution >= 0.6 is 0 Å². The number of hydrogen-bond donors (Lipinski definition) is 2. The van der Waals surface area contributed by atoms with E-state index < -0.39 is 0 Å². The van der Waals surface area contributed by atoms with Gasteiger partial charge in [0.2, 0.25) is 0 Å². The third-order valence-corrected chi connectivity index (χ3v) is 2.15. The van der Waals surface area contributed by atoms with Gasteiger partial charge in [-0.2, -0.15) is 0 Å². The van der Waals surface area contributed by atoms with Crippen molar-refractivity contribution in [2.75, 3.05) is 0 Å². The minimum atomic E-state index is -0.303. The normalized spacial score (nSPS) is 15.1. The van der Waals surface area contributed by atoms with Gasteiger partial charge in [-0.25, -0.2) is 9.78 Å². The molecule has 0 saturated heterocycles. The lowest BCUT2D eigenvalue weighted by Gasteiger charge is -2.08. The highest BCUT2D eigenvalue weighted by molar-refractivity contribution is 5.84. The van der Waals surface area contributed by atoms with E-state index in [2.05, 4.69) is 15.1 Å². The molecule has 1 aromatic heterocycles. The predicted molar refractivity (Wildman–Crippen MR) is 57.2 cm³/mol. The highest BCUT2D eigenvalue weighted by Crippen LogP contribution is 2.13. The lowest BCUT2D eigenvalue weighted by Crippen LogP contribution is -2.05. The summed E-state index contributed by atoms with van der Waals surface area (Å²) in [5, 5.41) is 11.4. The first kappa shape index (κ1) is 11.4. The van der Waals surface area contributed by atoms with Crippen molar-refractivity contribution in [2.24, 2.45) is 5.16 Å². The second-order valence-electron chi connectivity index (χ2n) is 3.31. The number of nitrogens with zero attached hydrogens (tertiary/aromatic N) is 2. The van der Waals surface area contributed by atoms with E-state index in [0.29, 0.717) is 0 Å². The molecule has 2 rings (SSSR count). The van der Waals surface area contributed by atoms with Gasteiger partial charge < -0.3 is 10.2 Å². The SMILES string of the molecule is O=c1nccc[nH]1.ON=C1CCCCC1. The van der Waals surface area contributed by atoms with Gasteiger partial charge in [0.1, 0.15) is 0 Å². The third kappa shape index (κ3) is 4.95. The van der Waals surface area contributed by atoms with Crippen molar-refractivity contribution in [1.82, 2.24) is 9.97 Å². The van der Waals surface area contributed by atoms with Crippen LogP contribution in [0.15, 0.2) is 28.4 Å². The van der Waals surface area contributed by atoms with Gasteiger partial charge >= 0.3 is 5.69 Å². The van der Waals surface area contributed by atoms with Crippen LogP contribution in [0.2, 0.25) is 0 Å². The lowest BCUT2D eigenvalue weighted by molar-refractivity contribution is 0.314. The maximum Gasteiger partial charge on any atom is 0.344 e. The minimum Gasteiger partial charge on any atom is -0.411 e. The van der Waals surface area contributed by atoms with Crippen LogP contribution in [-0.4, -0.2) is 20.9 Å². The highest BCUT2D eigenvalue weighted by atomic mass is 16.4. The summed E-state index contributed by atoms with van der Waals surface area (Å²) in [5.41, 5.74) is 0.679.